The fourth-order valence-electron chi connectivity index (χ4n) is 3.36. The molecule has 0 unspecified atom stereocenters. The summed E-state index contributed by atoms with van der Waals surface area (Å²) in [5.74, 6) is -0.929. The van der Waals surface area contributed by atoms with E-state index in [0.717, 1.165) is 21.4 Å². The van der Waals surface area contributed by atoms with Gasteiger partial charge in [-0.3, -0.25) is 14.5 Å². The zero-order valence-corrected chi connectivity index (χ0v) is 15.3. The van der Waals surface area contributed by atoms with E-state index in [1.54, 1.807) is 24.3 Å². The van der Waals surface area contributed by atoms with Gasteiger partial charge in [-0.1, -0.05) is 18.2 Å². The standard InChI is InChI=1S/C21H17N5O3/c22-10-13-5-7-15(8-6-13)24-19(27)12-26-20(28)18(25-21(26)29)9-14-11-23-17-4-2-1-3-16(14)17/h1-8,11,18,23H,9,12H2,(H,24,27)(H,25,29)/t18-/m1/s1. The maximum atomic E-state index is 12.7. The number of H-pyrrole nitrogens is 1. The SMILES string of the molecule is N#Cc1ccc(NC(=O)CN2C(=O)N[C@H](Cc3c[nH]c4ccccc34)C2=O)cc1. The number of aromatic amines is 1. The molecule has 4 rings (SSSR count). The molecule has 0 radical (unpaired) electrons. The number of nitrogens with one attached hydrogen (secondary N) is 3. The van der Waals surface area contributed by atoms with Crippen LogP contribution < -0.4 is 10.6 Å². The van der Waals surface area contributed by atoms with Gasteiger partial charge in [0.1, 0.15) is 12.6 Å². The number of hydrogen-bond donors (Lipinski definition) is 3. The molecule has 3 aromatic rings. The lowest BCUT2D eigenvalue weighted by molar-refractivity contribution is -0.130. The number of nitriles is 1. The molecule has 2 heterocycles. The Morgan fingerprint density at radius 1 is 1.14 bits per heavy atom. The quantitative estimate of drug-likeness (QED) is 0.581. The lowest BCUT2D eigenvalue weighted by atomic mass is 10.1. The highest BCUT2D eigenvalue weighted by Gasteiger charge is 2.39. The molecule has 1 fully saturated rings. The monoisotopic (exact) mass is 387 g/mol. The molecule has 8 heteroatoms. The molecule has 8 nitrogen and oxygen atoms in total. The van der Waals surface area contributed by atoms with Gasteiger partial charge in [-0.15, -0.1) is 0 Å². The van der Waals surface area contributed by atoms with Gasteiger partial charge in [0, 0.05) is 29.2 Å². The van der Waals surface area contributed by atoms with Gasteiger partial charge in [0.05, 0.1) is 11.6 Å². The molecular formula is C21H17N5O3. The first kappa shape index (κ1) is 18.3. The summed E-state index contributed by atoms with van der Waals surface area (Å²) in [6.07, 6.45) is 2.16. The number of para-hydroxylation sites is 1. The van der Waals surface area contributed by atoms with Gasteiger partial charge in [0.25, 0.3) is 5.91 Å². The Kier molecular flexibility index (Phi) is 4.71. The van der Waals surface area contributed by atoms with Crippen LogP contribution >= 0.6 is 0 Å². The van der Waals surface area contributed by atoms with Crippen molar-refractivity contribution in [3.63, 3.8) is 0 Å². The summed E-state index contributed by atoms with van der Waals surface area (Å²) in [5.41, 5.74) is 2.83. The molecule has 144 valence electrons. The molecule has 4 amide bonds. The van der Waals surface area contributed by atoms with E-state index in [4.69, 9.17) is 5.26 Å². The summed E-state index contributed by atoms with van der Waals surface area (Å²) < 4.78 is 0. The number of amides is 4. The van der Waals surface area contributed by atoms with Gasteiger partial charge in [0.2, 0.25) is 5.91 Å². The van der Waals surface area contributed by atoms with Crippen molar-refractivity contribution in [2.24, 2.45) is 0 Å². The minimum atomic E-state index is -0.718. The van der Waals surface area contributed by atoms with Crippen molar-refractivity contribution < 1.29 is 14.4 Å². The number of benzene rings is 2. The number of fused-ring (bicyclic) bond motifs is 1. The Balaban J connectivity index is 1.41. The number of nitrogens with zero attached hydrogens (tertiary/aromatic N) is 2. The van der Waals surface area contributed by atoms with Crippen molar-refractivity contribution >= 4 is 34.4 Å². The Morgan fingerprint density at radius 3 is 2.66 bits per heavy atom. The number of hydrogen-bond acceptors (Lipinski definition) is 4. The lowest BCUT2D eigenvalue weighted by Crippen LogP contribution is -2.38. The molecule has 29 heavy (non-hydrogen) atoms. The van der Waals surface area contributed by atoms with Crippen LogP contribution in [0.5, 0.6) is 0 Å². The van der Waals surface area contributed by atoms with Gasteiger partial charge in [0.15, 0.2) is 0 Å². The van der Waals surface area contributed by atoms with Crippen molar-refractivity contribution in [2.45, 2.75) is 12.5 Å². The number of imide groups is 1. The first-order chi connectivity index (χ1) is 14.0. The van der Waals surface area contributed by atoms with Crippen LogP contribution in [0.25, 0.3) is 10.9 Å². The van der Waals surface area contributed by atoms with E-state index in [2.05, 4.69) is 15.6 Å². The minimum absolute atomic E-state index is 0.336. The van der Waals surface area contributed by atoms with E-state index in [9.17, 15) is 14.4 Å². The largest absolute Gasteiger partial charge is 0.361 e. The van der Waals surface area contributed by atoms with Crippen molar-refractivity contribution in [1.82, 2.24) is 15.2 Å². The Labute approximate surface area is 166 Å². The molecule has 1 aliphatic rings. The highest BCUT2D eigenvalue weighted by atomic mass is 16.2. The number of urea groups is 1. The van der Waals surface area contributed by atoms with Crippen LogP contribution in [-0.2, 0) is 16.0 Å². The van der Waals surface area contributed by atoms with Gasteiger partial charge >= 0.3 is 6.03 Å². The zero-order chi connectivity index (χ0) is 20.4. The Hall–Kier alpha value is -4.12. The van der Waals surface area contributed by atoms with Gasteiger partial charge in [-0.05, 0) is 35.9 Å². The van der Waals surface area contributed by atoms with Crippen LogP contribution in [0.4, 0.5) is 10.5 Å². The second-order valence-electron chi connectivity index (χ2n) is 6.73. The first-order valence-corrected chi connectivity index (χ1v) is 9.02. The number of anilines is 1. The molecule has 0 bridgehead atoms. The molecule has 0 saturated carbocycles. The smallest absolute Gasteiger partial charge is 0.325 e. The maximum Gasteiger partial charge on any atom is 0.325 e. The second-order valence-corrected chi connectivity index (χ2v) is 6.73. The summed E-state index contributed by atoms with van der Waals surface area (Å²) in [7, 11) is 0. The number of aromatic nitrogens is 1. The topological polar surface area (TPSA) is 118 Å². The molecule has 1 saturated heterocycles. The average Bonchev–Trinajstić information content (AvgIpc) is 3.25. The van der Waals surface area contributed by atoms with Crippen molar-refractivity contribution in [2.75, 3.05) is 11.9 Å². The molecule has 2 aromatic carbocycles. The number of carbonyl (C=O) groups excluding carboxylic acids is 3. The number of carbonyl (C=O) groups is 3. The third-order valence-corrected chi connectivity index (χ3v) is 4.81. The third kappa shape index (κ3) is 3.66. The molecule has 3 N–H and O–H groups in total. The van der Waals surface area contributed by atoms with Crippen LogP contribution in [0.2, 0.25) is 0 Å². The Bertz CT molecular complexity index is 1140. The average molecular weight is 387 g/mol. The predicted molar refractivity (Wildman–Crippen MR) is 106 cm³/mol. The predicted octanol–water partition coefficient (Wildman–Crippen LogP) is 2.14. The van der Waals surface area contributed by atoms with Crippen molar-refractivity contribution in [3.8, 4) is 6.07 Å². The normalized spacial score (nSPS) is 16.0. The first-order valence-electron chi connectivity index (χ1n) is 9.02. The van der Waals surface area contributed by atoms with Crippen LogP contribution in [0, 0.1) is 11.3 Å². The maximum absolute atomic E-state index is 12.7. The second kappa shape index (κ2) is 7.48. The van der Waals surface area contributed by atoms with E-state index < -0.39 is 23.9 Å². The fraction of sp³-hybridized carbons (Fsp3) is 0.143. The summed E-state index contributed by atoms with van der Waals surface area (Å²) in [4.78, 5) is 41.2. The summed E-state index contributed by atoms with van der Waals surface area (Å²) >= 11 is 0. The number of rotatable bonds is 5. The van der Waals surface area contributed by atoms with Crippen LogP contribution in [0.1, 0.15) is 11.1 Å². The minimum Gasteiger partial charge on any atom is -0.361 e. The van der Waals surface area contributed by atoms with E-state index in [0.29, 0.717) is 17.7 Å². The molecule has 1 atom stereocenters. The van der Waals surface area contributed by atoms with Crippen LogP contribution in [0.3, 0.4) is 0 Å². The highest BCUT2D eigenvalue weighted by Crippen LogP contribution is 2.21. The van der Waals surface area contributed by atoms with Crippen molar-refractivity contribution in [1.29, 1.82) is 5.26 Å². The third-order valence-electron chi connectivity index (χ3n) is 4.81. The summed E-state index contributed by atoms with van der Waals surface area (Å²) in [5, 5.41) is 15.1. The van der Waals surface area contributed by atoms with Gasteiger partial charge < -0.3 is 15.6 Å². The molecule has 0 aliphatic carbocycles. The Morgan fingerprint density at radius 2 is 1.90 bits per heavy atom. The van der Waals surface area contributed by atoms with E-state index in [1.807, 2.05) is 36.5 Å². The van der Waals surface area contributed by atoms with Gasteiger partial charge in [-0.25, -0.2) is 4.79 Å². The molecule has 1 aromatic heterocycles. The molecular weight excluding hydrogens is 370 g/mol. The lowest BCUT2D eigenvalue weighted by Gasteiger charge is -2.13. The molecule has 1 aliphatic heterocycles. The zero-order valence-electron chi connectivity index (χ0n) is 15.3. The fourth-order valence-corrected chi connectivity index (χ4v) is 3.36. The van der Waals surface area contributed by atoms with Crippen LogP contribution in [-0.4, -0.2) is 40.3 Å². The summed E-state index contributed by atoms with van der Waals surface area (Å²) in [6, 6.07) is 14.7. The highest BCUT2D eigenvalue weighted by molar-refractivity contribution is 6.08. The van der Waals surface area contributed by atoms with E-state index in [-0.39, 0.29) is 6.54 Å². The summed E-state index contributed by atoms with van der Waals surface area (Å²) in [6.45, 7) is -0.380. The van der Waals surface area contributed by atoms with Gasteiger partial charge in [-0.2, -0.15) is 5.26 Å². The van der Waals surface area contributed by atoms with Crippen LogP contribution in [0.15, 0.2) is 54.7 Å². The van der Waals surface area contributed by atoms with E-state index >= 15 is 0 Å². The van der Waals surface area contributed by atoms with Crippen molar-refractivity contribution in [3.05, 3.63) is 65.9 Å². The van der Waals surface area contributed by atoms with E-state index in [1.165, 1.54) is 0 Å². The molecule has 0 spiro atoms.